The van der Waals surface area contributed by atoms with Gasteiger partial charge in [-0.25, -0.2) is 4.79 Å². The fourth-order valence-corrected chi connectivity index (χ4v) is 1.57. The molecule has 0 bridgehead atoms. The van der Waals surface area contributed by atoms with Gasteiger partial charge >= 0.3 is 17.6 Å². The number of aliphatic carboxylic acids is 2. The number of ether oxygens (including phenoxy) is 1. The number of hydrogen-bond acceptors (Lipinski definition) is 6. The molecular weight excluding hydrogens is 284 g/mol. The second-order valence-corrected chi connectivity index (χ2v) is 4.64. The van der Waals surface area contributed by atoms with Crippen LogP contribution in [0.3, 0.4) is 0 Å². The maximum absolute atomic E-state index is 11.0. The molecule has 0 aliphatic rings. The molecule has 0 radical (unpaired) electrons. The summed E-state index contributed by atoms with van der Waals surface area (Å²) in [6.45, 7) is 0.553. The zero-order valence-electron chi connectivity index (χ0n) is 11.1. The predicted octanol–water partition coefficient (Wildman–Crippen LogP) is 0.403. The molecule has 4 N–H and O–H groups in total. The van der Waals surface area contributed by atoms with E-state index in [1.807, 2.05) is 0 Å². The van der Waals surface area contributed by atoms with Gasteiger partial charge in [-0.15, -0.1) is 0 Å². The Bertz CT molecular complexity index is 583. The van der Waals surface area contributed by atoms with Crippen LogP contribution >= 0.6 is 0 Å². The number of nitrogens with two attached hydrogens (primary N) is 1. The Kier molecular flexibility index (Phi) is 4.82. The van der Waals surface area contributed by atoms with Gasteiger partial charge in [-0.2, -0.15) is 0 Å². The normalized spacial score (nSPS) is 13.2. The van der Waals surface area contributed by atoms with E-state index in [-0.39, 0.29) is 12.2 Å². The summed E-state index contributed by atoms with van der Waals surface area (Å²) in [7, 11) is 0. The second kappa shape index (κ2) is 6.18. The molecular formula is C12H14N2O7. The summed E-state index contributed by atoms with van der Waals surface area (Å²) < 4.78 is 4.85. The Hall–Kier alpha value is -2.68. The molecule has 9 heteroatoms. The Morgan fingerprint density at radius 3 is 2.52 bits per heavy atom. The number of rotatable bonds is 7. The van der Waals surface area contributed by atoms with Crippen molar-refractivity contribution in [3.63, 3.8) is 0 Å². The van der Waals surface area contributed by atoms with Gasteiger partial charge in [-0.3, -0.25) is 14.9 Å². The van der Waals surface area contributed by atoms with Crippen molar-refractivity contribution in [3.8, 4) is 5.75 Å². The highest BCUT2D eigenvalue weighted by Crippen LogP contribution is 2.29. The first-order valence-electron chi connectivity index (χ1n) is 5.77. The number of carboxylic acid groups (broad SMARTS) is 2. The maximum atomic E-state index is 11.0. The summed E-state index contributed by atoms with van der Waals surface area (Å²) in [6, 6.07) is 3.68. The SMILES string of the molecule is C[C@@](N)(Cc1ccc([N+](=O)[O-])c(OCC(=O)O)c1)C(=O)O. The highest BCUT2D eigenvalue weighted by atomic mass is 16.6. The van der Waals surface area contributed by atoms with Crippen molar-refractivity contribution in [2.24, 2.45) is 5.73 Å². The van der Waals surface area contributed by atoms with E-state index in [4.69, 9.17) is 20.7 Å². The van der Waals surface area contributed by atoms with Crippen LogP contribution in [0.2, 0.25) is 0 Å². The standard InChI is InChI=1S/C12H14N2O7/c1-12(13,11(17)18)5-7-2-3-8(14(19)20)9(4-7)21-6-10(15)16/h2-4H,5-6,13H2,1H3,(H,15,16)(H,17,18)/t12-/m1/s1. The van der Waals surface area contributed by atoms with Crippen LogP contribution in [0.4, 0.5) is 5.69 Å². The van der Waals surface area contributed by atoms with Crippen LogP contribution in [0, 0.1) is 10.1 Å². The lowest BCUT2D eigenvalue weighted by atomic mass is 9.94. The lowest BCUT2D eigenvalue weighted by Crippen LogP contribution is -2.46. The van der Waals surface area contributed by atoms with Gasteiger partial charge in [-0.1, -0.05) is 6.07 Å². The third-order valence-corrected chi connectivity index (χ3v) is 2.63. The van der Waals surface area contributed by atoms with Crippen molar-refractivity contribution >= 4 is 17.6 Å². The average Bonchev–Trinajstić information content (AvgIpc) is 2.35. The Balaban J connectivity index is 3.09. The Morgan fingerprint density at radius 1 is 1.43 bits per heavy atom. The fraction of sp³-hybridized carbons (Fsp3) is 0.333. The van der Waals surface area contributed by atoms with Crippen LogP contribution in [0.25, 0.3) is 0 Å². The Labute approximate surface area is 119 Å². The molecule has 0 heterocycles. The van der Waals surface area contributed by atoms with Crippen molar-refractivity contribution in [2.45, 2.75) is 18.9 Å². The van der Waals surface area contributed by atoms with E-state index in [1.165, 1.54) is 19.1 Å². The third-order valence-electron chi connectivity index (χ3n) is 2.63. The number of benzene rings is 1. The highest BCUT2D eigenvalue weighted by Gasteiger charge is 2.29. The summed E-state index contributed by atoms with van der Waals surface area (Å²) in [5.74, 6) is -2.76. The van der Waals surface area contributed by atoms with Gasteiger partial charge in [0.2, 0.25) is 0 Å². The minimum Gasteiger partial charge on any atom is -0.480 e. The largest absolute Gasteiger partial charge is 0.480 e. The average molecular weight is 298 g/mol. The molecule has 0 unspecified atom stereocenters. The zero-order valence-corrected chi connectivity index (χ0v) is 11.1. The molecule has 1 atom stereocenters. The number of carbonyl (C=O) groups is 2. The summed E-state index contributed by atoms with van der Waals surface area (Å²) >= 11 is 0. The summed E-state index contributed by atoms with van der Waals surface area (Å²) in [5.41, 5.74) is 4.01. The molecule has 0 spiro atoms. The first-order chi connectivity index (χ1) is 9.63. The molecule has 0 fully saturated rings. The van der Waals surface area contributed by atoms with E-state index in [2.05, 4.69) is 0 Å². The van der Waals surface area contributed by atoms with Crippen molar-refractivity contribution in [1.29, 1.82) is 0 Å². The molecule has 1 aromatic carbocycles. The maximum Gasteiger partial charge on any atom is 0.341 e. The number of hydrogen-bond donors (Lipinski definition) is 3. The molecule has 114 valence electrons. The monoisotopic (exact) mass is 298 g/mol. The molecule has 0 aromatic heterocycles. The molecule has 0 saturated carbocycles. The summed E-state index contributed by atoms with van der Waals surface area (Å²) in [6.07, 6.45) is -0.0935. The molecule has 0 amide bonds. The van der Waals surface area contributed by atoms with Crippen molar-refractivity contribution in [1.82, 2.24) is 0 Å². The van der Waals surface area contributed by atoms with Crippen LogP contribution in [0.15, 0.2) is 18.2 Å². The minimum atomic E-state index is -1.56. The second-order valence-electron chi connectivity index (χ2n) is 4.64. The number of nitro groups is 1. The summed E-state index contributed by atoms with van der Waals surface area (Å²) in [5, 5.41) is 28.3. The predicted molar refractivity (Wildman–Crippen MR) is 70.2 cm³/mol. The van der Waals surface area contributed by atoms with Crippen molar-refractivity contribution < 1.29 is 29.5 Å². The van der Waals surface area contributed by atoms with Gasteiger partial charge in [0.05, 0.1) is 4.92 Å². The first kappa shape index (κ1) is 16.4. The Morgan fingerprint density at radius 2 is 2.05 bits per heavy atom. The topological polar surface area (TPSA) is 153 Å². The molecule has 1 rings (SSSR count). The molecule has 1 aromatic rings. The summed E-state index contributed by atoms with van der Waals surface area (Å²) in [4.78, 5) is 31.5. The van der Waals surface area contributed by atoms with Crippen LogP contribution in [-0.2, 0) is 16.0 Å². The van der Waals surface area contributed by atoms with E-state index < -0.39 is 34.7 Å². The highest BCUT2D eigenvalue weighted by molar-refractivity contribution is 5.78. The lowest BCUT2D eigenvalue weighted by Gasteiger charge is -2.19. The van der Waals surface area contributed by atoms with E-state index in [0.717, 1.165) is 6.07 Å². The molecule has 0 saturated heterocycles. The van der Waals surface area contributed by atoms with E-state index in [1.54, 1.807) is 0 Å². The number of carboxylic acids is 2. The smallest absolute Gasteiger partial charge is 0.341 e. The van der Waals surface area contributed by atoms with Gasteiger partial charge in [-0.05, 0) is 18.6 Å². The third kappa shape index (κ3) is 4.42. The molecule has 0 aliphatic heterocycles. The lowest BCUT2D eigenvalue weighted by molar-refractivity contribution is -0.385. The molecule has 21 heavy (non-hydrogen) atoms. The molecule has 9 nitrogen and oxygen atoms in total. The number of nitrogens with zero attached hydrogens (tertiary/aromatic N) is 1. The van der Waals surface area contributed by atoms with Gasteiger partial charge < -0.3 is 20.7 Å². The minimum absolute atomic E-state index is 0.0935. The molecule has 0 aliphatic carbocycles. The van der Waals surface area contributed by atoms with E-state index >= 15 is 0 Å². The fourth-order valence-electron chi connectivity index (χ4n) is 1.57. The van der Waals surface area contributed by atoms with Crippen LogP contribution < -0.4 is 10.5 Å². The van der Waals surface area contributed by atoms with Crippen LogP contribution in [0.5, 0.6) is 5.75 Å². The number of nitro benzene ring substituents is 1. The van der Waals surface area contributed by atoms with Gasteiger partial charge in [0, 0.05) is 12.5 Å². The zero-order chi connectivity index (χ0) is 16.2. The van der Waals surface area contributed by atoms with Crippen molar-refractivity contribution in [3.05, 3.63) is 33.9 Å². The van der Waals surface area contributed by atoms with Gasteiger partial charge in [0.25, 0.3) is 0 Å². The van der Waals surface area contributed by atoms with E-state index in [9.17, 15) is 19.7 Å². The van der Waals surface area contributed by atoms with E-state index in [0.29, 0.717) is 5.56 Å². The van der Waals surface area contributed by atoms with Crippen LogP contribution in [0.1, 0.15) is 12.5 Å². The quantitative estimate of drug-likeness (QED) is 0.483. The van der Waals surface area contributed by atoms with Gasteiger partial charge in [0.1, 0.15) is 5.54 Å². The first-order valence-corrected chi connectivity index (χ1v) is 5.77. The van der Waals surface area contributed by atoms with Crippen LogP contribution in [-0.4, -0.2) is 39.2 Å². The van der Waals surface area contributed by atoms with Crippen molar-refractivity contribution in [2.75, 3.05) is 6.61 Å². The van der Waals surface area contributed by atoms with Gasteiger partial charge in [0.15, 0.2) is 12.4 Å².